The standard InChI is InChI=1S/C18H27NO3/c1-12-9-14(3)16(10-13(12)2)11-19-7-5-15(6-8-19)17(20)18(21)22-4/h9-10,15,17,20H,5-8,11H2,1-4H3. The highest BCUT2D eigenvalue weighted by atomic mass is 16.5. The minimum Gasteiger partial charge on any atom is -0.467 e. The quantitative estimate of drug-likeness (QED) is 0.868. The smallest absolute Gasteiger partial charge is 0.334 e. The van der Waals surface area contributed by atoms with Crippen molar-refractivity contribution < 1.29 is 14.6 Å². The molecule has 1 fully saturated rings. The molecule has 1 aliphatic rings. The lowest BCUT2D eigenvalue weighted by molar-refractivity contribution is -0.154. The van der Waals surface area contributed by atoms with Gasteiger partial charge < -0.3 is 9.84 Å². The number of aliphatic hydroxyl groups is 1. The lowest BCUT2D eigenvalue weighted by Crippen LogP contribution is -2.40. The van der Waals surface area contributed by atoms with Crippen molar-refractivity contribution in [3.8, 4) is 0 Å². The molecule has 0 aromatic heterocycles. The molecule has 0 spiro atoms. The SMILES string of the molecule is COC(=O)C(O)C1CCN(Cc2cc(C)c(C)cc2C)CC1. The van der Waals surface area contributed by atoms with E-state index in [-0.39, 0.29) is 5.92 Å². The van der Waals surface area contributed by atoms with Gasteiger partial charge in [0.25, 0.3) is 0 Å². The number of aryl methyl sites for hydroxylation is 3. The fourth-order valence-corrected chi connectivity index (χ4v) is 3.17. The van der Waals surface area contributed by atoms with Gasteiger partial charge in [-0.25, -0.2) is 4.79 Å². The predicted octanol–water partition coefficient (Wildman–Crippen LogP) is 2.36. The van der Waals surface area contributed by atoms with Gasteiger partial charge in [-0.05, 0) is 74.9 Å². The summed E-state index contributed by atoms with van der Waals surface area (Å²) in [4.78, 5) is 13.8. The Bertz CT molecular complexity index is 533. The number of esters is 1. The number of ether oxygens (including phenoxy) is 1. The first-order valence-electron chi connectivity index (χ1n) is 7.97. The van der Waals surface area contributed by atoms with E-state index in [0.717, 1.165) is 32.5 Å². The first-order valence-corrected chi connectivity index (χ1v) is 7.97. The zero-order valence-corrected chi connectivity index (χ0v) is 14.1. The molecule has 2 rings (SSSR count). The highest BCUT2D eigenvalue weighted by molar-refractivity contribution is 5.74. The Hall–Kier alpha value is -1.39. The molecule has 0 amide bonds. The maximum absolute atomic E-state index is 11.4. The minimum atomic E-state index is -0.976. The van der Waals surface area contributed by atoms with Crippen LogP contribution in [0.5, 0.6) is 0 Å². The molecule has 0 saturated carbocycles. The minimum absolute atomic E-state index is 0.0181. The molecule has 1 heterocycles. The van der Waals surface area contributed by atoms with Crippen molar-refractivity contribution in [1.82, 2.24) is 4.90 Å². The molecule has 122 valence electrons. The van der Waals surface area contributed by atoms with Gasteiger partial charge in [0, 0.05) is 6.54 Å². The predicted molar refractivity (Wildman–Crippen MR) is 86.7 cm³/mol. The van der Waals surface area contributed by atoms with Crippen LogP contribution < -0.4 is 0 Å². The van der Waals surface area contributed by atoms with Crippen LogP contribution in [0.1, 0.15) is 35.1 Å². The number of rotatable bonds is 4. The van der Waals surface area contributed by atoms with Crippen LogP contribution in [-0.4, -0.2) is 42.3 Å². The van der Waals surface area contributed by atoms with E-state index in [2.05, 4.69) is 42.5 Å². The fraction of sp³-hybridized carbons (Fsp3) is 0.611. The normalized spacial score (nSPS) is 18.2. The topological polar surface area (TPSA) is 49.8 Å². The largest absolute Gasteiger partial charge is 0.467 e. The molecule has 1 N–H and O–H groups in total. The molecule has 1 saturated heterocycles. The van der Waals surface area contributed by atoms with Crippen molar-refractivity contribution >= 4 is 5.97 Å². The molecule has 0 aliphatic carbocycles. The van der Waals surface area contributed by atoms with Crippen molar-refractivity contribution in [2.45, 2.75) is 46.3 Å². The molecule has 0 bridgehead atoms. The number of aliphatic hydroxyl groups excluding tert-OH is 1. The summed E-state index contributed by atoms with van der Waals surface area (Å²) in [6, 6.07) is 4.53. The maximum Gasteiger partial charge on any atom is 0.334 e. The van der Waals surface area contributed by atoms with E-state index in [4.69, 9.17) is 0 Å². The average molecular weight is 305 g/mol. The highest BCUT2D eigenvalue weighted by Crippen LogP contribution is 2.24. The number of hydrogen-bond donors (Lipinski definition) is 1. The number of carbonyl (C=O) groups excluding carboxylic acids is 1. The van der Waals surface area contributed by atoms with Crippen LogP contribution in [0.4, 0.5) is 0 Å². The molecule has 0 radical (unpaired) electrons. The van der Waals surface area contributed by atoms with Crippen LogP contribution >= 0.6 is 0 Å². The molecule has 1 atom stereocenters. The molecule has 1 unspecified atom stereocenters. The number of piperidine rings is 1. The van der Waals surface area contributed by atoms with Gasteiger partial charge in [-0.15, -0.1) is 0 Å². The Labute approximate surface area is 133 Å². The Morgan fingerprint density at radius 1 is 1.23 bits per heavy atom. The summed E-state index contributed by atoms with van der Waals surface area (Å²) in [5, 5.41) is 9.94. The van der Waals surface area contributed by atoms with Crippen LogP contribution in [0.3, 0.4) is 0 Å². The summed E-state index contributed by atoms with van der Waals surface area (Å²) >= 11 is 0. The number of benzene rings is 1. The lowest BCUT2D eigenvalue weighted by Gasteiger charge is -2.33. The highest BCUT2D eigenvalue weighted by Gasteiger charge is 2.30. The molecule has 22 heavy (non-hydrogen) atoms. The number of carbonyl (C=O) groups is 1. The molecular formula is C18H27NO3. The maximum atomic E-state index is 11.4. The van der Waals surface area contributed by atoms with E-state index < -0.39 is 12.1 Å². The number of nitrogens with zero attached hydrogens (tertiary/aromatic N) is 1. The molecule has 1 aromatic carbocycles. The second-order valence-corrected chi connectivity index (χ2v) is 6.44. The summed E-state index contributed by atoms with van der Waals surface area (Å²) in [6.07, 6.45) is 0.691. The van der Waals surface area contributed by atoms with Gasteiger partial charge >= 0.3 is 5.97 Å². The zero-order valence-electron chi connectivity index (χ0n) is 14.1. The van der Waals surface area contributed by atoms with Crippen LogP contribution in [-0.2, 0) is 16.1 Å². The van der Waals surface area contributed by atoms with E-state index >= 15 is 0 Å². The van der Waals surface area contributed by atoms with Gasteiger partial charge in [0.15, 0.2) is 6.10 Å². The van der Waals surface area contributed by atoms with E-state index in [1.807, 2.05) is 0 Å². The van der Waals surface area contributed by atoms with E-state index in [0.29, 0.717) is 0 Å². The summed E-state index contributed by atoms with van der Waals surface area (Å²) in [6.45, 7) is 9.21. The number of methoxy groups -OCH3 is 1. The van der Waals surface area contributed by atoms with Crippen molar-refractivity contribution in [2.24, 2.45) is 5.92 Å². The van der Waals surface area contributed by atoms with Crippen LogP contribution in [0.2, 0.25) is 0 Å². The fourth-order valence-electron chi connectivity index (χ4n) is 3.17. The lowest BCUT2D eigenvalue weighted by atomic mass is 9.90. The summed E-state index contributed by atoms with van der Waals surface area (Å²) in [7, 11) is 1.32. The van der Waals surface area contributed by atoms with Crippen molar-refractivity contribution in [1.29, 1.82) is 0 Å². The summed E-state index contributed by atoms with van der Waals surface area (Å²) in [5.41, 5.74) is 5.37. The third kappa shape index (κ3) is 3.87. The van der Waals surface area contributed by atoms with Crippen LogP contribution in [0, 0.1) is 26.7 Å². The van der Waals surface area contributed by atoms with Gasteiger partial charge in [-0.1, -0.05) is 12.1 Å². The first-order chi connectivity index (χ1) is 10.4. The van der Waals surface area contributed by atoms with Crippen LogP contribution in [0.25, 0.3) is 0 Å². The summed E-state index contributed by atoms with van der Waals surface area (Å²) in [5.74, 6) is -0.493. The van der Waals surface area contributed by atoms with E-state index in [1.165, 1.54) is 29.4 Å². The Kier molecular flexibility index (Phi) is 5.59. The van der Waals surface area contributed by atoms with Crippen LogP contribution in [0.15, 0.2) is 12.1 Å². The van der Waals surface area contributed by atoms with Crippen molar-refractivity contribution in [2.75, 3.05) is 20.2 Å². The Balaban J connectivity index is 1.93. The second kappa shape index (κ2) is 7.25. The monoisotopic (exact) mass is 305 g/mol. The molecule has 4 heteroatoms. The number of hydrogen-bond acceptors (Lipinski definition) is 4. The van der Waals surface area contributed by atoms with E-state index in [1.54, 1.807) is 0 Å². The third-order valence-electron chi connectivity index (χ3n) is 4.87. The second-order valence-electron chi connectivity index (χ2n) is 6.44. The van der Waals surface area contributed by atoms with Gasteiger partial charge in [0.2, 0.25) is 0 Å². The van der Waals surface area contributed by atoms with Crippen molar-refractivity contribution in [3.05, 3.63) is 34.4 Å². The average Bonchev–Trinajstić information content (AvgIpc) is 2.52. The van der Waals surface area contributed by atoms with E-state index in [9.17, 15) is 9.90 Å². The molecule has 4 nitrogen and oxygen atoms in total. The van der Waals surface area contributed by atoms with Crippen molar-refractivity contribution in [3.63, 3.8) is 0 Å². The Morgan fingerprint density at radius 3 is 2.41 bits per heavy atom. The Morgan fingerprint density at radius 2 is 1.82 bits per heavy atom. The first kappa shape index (κ1) is 17.0. The van der Waals surface area contributed by atoms with Gasteiger partial charge in [0.05, 0.1) is 7.11 Å². The zero-order chi connectivity index (χ0) is 16.3. The molecule has 1 aromatic rings. The molecule has 1 aliphatic heterocycles. The third-order valence-corrected chi connectivity index (χ3v) is 4.87. The molecular weight excluding hydrogens is 278 g/mol. The van der Waals surface area contributed by atoms with Gasteiger partial charge in [-0.2, -0.15) is 0 Å². The number of likely N-dealkylation sites (tertiary alicyclic amines) is 1. The summed E-state index contributed by atoms with van der Waals surface area (Å²) < 4.78 is 4.63. The van der Waals surface area contributed by atoms with Gasteiger partial charge in [-0.3, -0.25) is 4.90 Å². The van der Waals surface area contributed by atoms with Gasteiger partial charge in [0.1, 0.15) is 0 Å².